The summed E-state index contributed by atoms with van der Waals surface area (Å²) in [6.45, 7) is 2.16. The summed E-state index contributed by atoms with van der Waals surface area (Å²) < 4.78 is 0. The number of aryl methyl sites for hydroxylation is 1. The molecule has 1 aromatic carbocycles. The highest BCUT2D eigenvalue weighted by molar-refractivity contribution is 7.80. The van der Waals surface area contributed by atoms with Gasteiger partial charge in [-0.05, 0) is 36.6 Å². The van der Waals surface area contributed by atoms with Gasteiger partial charge in [0.15, 0.2) is 0 Å². The first kappa shape index (κ1) is 18.6. The van der Waals surface area contributed by atoms with Crippen molar-refractivity contribution in [2.45, 2.75) is 51.5 Å². The predicted molar refractivity (Wildman–Crippen MR) is 91.6 cm³/mol. The zero-order valence-electron chi connectivity index (χ0n) is 13.0. The van der Waals surface area contributed by atoms with Crippen molar-refractivity contribution in [3.05, 3.63) is 35.4 Å². The molecule has 0 aromatic heterocycles. The molecule has 0 aliphatic rings. The SMILES string of the molecule is CCCCCCc1ccccc1C(=O)N[C@@H](CCS)C(=O)O. The maximum absolute atomic E-state index is 12.3. The zero-order chi connectivity index (χ0) is 16.4. The molecule has 0 aliphatic carbocycles. The summed E-state index contributed by atoms with van der Waals surface area (Å²) in [6, 6.07) is 6.52. The third-order valence-electron chi connectivity index (χ3n) is 3.58. The molecule has 0 aliphatic heterocycles. The number of rotatable bonds is 10. The lowest BCUT2D eigenvalue weighted by molar-refractivity contribution is -0.139. The van der Waals surface area contributed by atoms with Crippen molar-refractivity contribution in [1.82, 2.24) is 5.32 Å². The first-order chi connectivity index (χ1) is 10.6. The lowest BCUT2D eigenvalue weighted by Gasteiger charge is -2.15. The Morgan fingerprint density at radius 3 is 2.59 bits per heavy atom. The highest BCUT2D eigenvalue weighted by Crippen LogP contribution is 2.14. The number of carbonyl (C=O) groups excluding carboxylic acids is 1. The monoisotopic (exact) mass is 323 g/mol. The molecule has 0 unspecified atom stereocenters. The van der Waals surface area contributed by atoms with Crippen LogP contribution in [-0.4, -0.2) is 28.8 Å². The molecule has 0 fully saturated rings. The van der Waals surface area contributed by atoms with Crippen LogP contribution in [0.2, 0.25) is 0 Å². The molecule has 0 spiro atoms. The molecule has 0 saturated carbocycles. The second-order valence-corrected chi connectivity index (χ2v) is 5.79. The summed E-state index contributed by atoms with van der Waals surface area (Å²) in [7, 11) is 0. The number of hydrogen-bond acceptors (Lipinski definition) is 3. The van der Waals surface area contributed by atoms with Crippen molar-refractivity contribution in [2.24, 2.45) is 0 Å². The molecule has 22 heavy (non-hydrogen) atoms. The maximum atomic E-state index is 12.3. The fourth-order valence-corrected chi connectivity index (χ4v) is 2.58. The van der Waals surface area contributed by atoms with E-state index in [4.69, 9.17) is 5.11 Å². The standard InChI is InChI=1S/C17H25NO3S/c1-2-3-4-5-8-13-9-6-7-10-14(13)16(19)18-15(11-12-22)17(20)21/h6-7,9-10,15,22H,2-5,8,11-12H2,1H3,(H,18,19)(H,20,21)/t15-/m0/s1. The highest BCUT2D eigenvalue weighted by atomic mass is 32.1. The predicted octanol–water partition coefficient (Wildman–Crippen LogP) is 3.31. The van der Waals surface area contributed by atoms with E-state index in [1.807, 2.05) is 12.1 Å². The van der Waals surface area contributed by atoms with Gasteiger partial charge in [-0.1, -0.05) is 44.4 Å². The van der Waals surface area contributed by atoms with Gasteiger partial charge in [0.1, 0.15) is 6.04 Å². The Hall–Kier alpha value is -1.49. The number of amides is 1. The molecule has 0 bridgehead atoms. The van der Waals surface area contributed by atoms with Gasteiger partial charge in [0.25, 0.3) is 5.91 Å². The number of carboxylic acids is 1. The number of carbonyl (C=O) groups is 2. The van der Waals surface area contributed by atoms with E-state index >= 15 is 0 Å². The van der Waals surface area contributed by atoms with Gasteiger partial charge >= 0.3 is 5.97 Å². The van der Waals surface area contributed by atoms with E-state index in [2.05, 4.69) is 24.9 Å². The zero-order valence-corrected chi connectivity index (χ0v) is 13.9. The number of carboxylic acid groups (broad SMARTS) is 1. The van der Waals surface area contributed by atoms with Crippen LogP contribution in [0.4, 0.5) is 0 Å². The Bertz CT molecular complexity index is 491. The number of aliphatic carboxylic acids is 1. The van der Waals surface area contributed by atoms with Crippen LogP contribution < -0.4 is 5.32 Å². The molecule has 0 radical (unpaired) electrons. The normalized spacial score (nSPS) is 11.9. The second-order valence-electron chi connectivity index (χ2n) is 5.34. The van der Waals surface area contributed by atoms with Gasteiger partial charge < -0.3 is 10.4 Å². The van der Waals surface area contributed by atoms with Crippen molar-refractivity contribution in [2.75, 3.05) is 5.75 Å². The first-order valence-electron chi connectivity index (χ1n) is 7.82. The number of unbranched alkanes of at least 4 members (excludes halogenated alkanes) is 3. The van der Waals surface area contributed by atoms with Gasteiger partial charge in [0.2, 0.25) is 0 Å². The largest absolute Gasteiger partial charge is 0.480 e. The van der Waals surface area contributed by atoms with Crippen LogP contribution in [0.25, 0.3) is 0 Å². The van der Waals surface area contributed by atoms with E-state index in [0.717, 1.165) is 24.8 Å². The molecule has 2 N–H and O–H groups in total. The molecule has 0 heterocycles. The summed E-state index contributed by atoms with van der Waals surface area (Å²) in [6.07, 6.45) is 5.70. The van der Waals surface area contributed by atoms with Crippen molar-refractivity contribution in [3.63, 3.8) is 0 Å². The second kappa shape index (κ2) is 10.3. The Balaban J connectivity index is 2.73. The maximum Gasteiger partial charge on any atom is 0.326 e. The van der Waals surface area contributed by atoms with E-state index in [9.17, 15) is 9.59 Å². The molecule has 0 saturated heterocycles. The molecule has 1 rings (SSSR count). The summed E-state index contributed by atoms with van der Waals surface area (Å²) >= 11 is 4.04. The van der Waals surface area contributed by atoms with Gasteiger partial charge in [-0.25, -0.2) is 4.79 Å². The van der Waals surface area contributed by atoms with Crippen LogP contribution in [0.15, 0.2) is 24.3 Å². The van der Waals surface area contributed by atoms with E-state index in [0.29, 0.717) is 17.7 Å². The third kappa shape index (κ3) is 6.10. The van der Waals surface area contributed by atoms with Crippen molar-refractivity contribution < 1.29 is 14.7 Å². The van der Waals surface area contributed by atoms with Crippen LogP contribution in [0.5, 0.6) is 0 Å². The van der Waals surface area contributed by atoms with Crippen LogP contribution >= 0.6 is 12.6 Å². The molecule has 5 heteroatoms. The Kier molecular flexibility index (Phi) is 8.67. The van der Waals surface area contributed by atoms with E-state index < -0.39 is 12.0 Å². The Morgan fingerprint density at radius 2 is 1.95 bits per heavy atom. The average molecular weight is 323 g/mol. The van der Waals surface area contributed by atoms with Gasteiger partial charge in [0, 0.05) is 5.56 Å². The van der Waals surface area contributed by atoms with Crippen molar-refractivity contribution >= 4 is 24.5 Å². The van der Waals surface area contributed by atoms with Crippen LogP contribution in [0.3, 0.4) is 0 Å². The smallest absolute Gasteiger partial charge is 0.326 e. The number of hydrogen-bond donors (Lipinski definition) is 3. The molecule has 1 aromatic rings. The summed E-state index contributed by atoms with van der Waals surface area (Å²) in [5.74, 6) is -0.932. The van der Waals surface area contributed by atoms with Crippen LogP contribution in [0.1, 0.15) is 54.9 Å². The van der Waals surface area contributed by atoms with E-state index in [1.165, 1.54) is 12.8 Å². The Morgan fingerprint density at radius 1 is 1.23 bits per heavy atom. The highest BCUT2D eigenvalue weighted by Gasteiger charge is 2.20. The molecule has 1 amide bonds. The fraction of sp³-hybridized carbons (Fsp3) is 0.529. The molecule has 1 atom stereocenters. The van der Waals surface area contributed by atoms with Crippen LogP contribution in [0, 0.1) is 0 Å². The summed E-state index contributed by atoms with van der Waals surface area (Å²) in [4.78, 5) is 23.5. The minimum absolute atomic E-state index is 0.308. The van der Waals surface area contributed by atoms with Gasteiger partial charge in [-0.3, -0.25) is 4.79 Å². The van der Waals surface area contributed by atoms with E-state index in [1.54, 1.807) is 12.1 Å². The quantitative estimate of drug-likeness (QED) is 0.457. The van der Waals surface area contributed by atoms with Gasteiger partial charge in [-0.15, -0.1) is 0 Å². The lowest BCUT2D eigenvalue weighted by Crippen LogP contribution is -2.41. The molecular weight excluding hydrogens is 298 g/mol. The summed E-state index contributed by atoms with van der Waals surface area (Å²) in [5.41, 5.74) is 1.55. The lowest BCUT2D eigenvalue weighted by atomic mass is 10.00. The third-order valence-corrected chi connectivity index (χ3v) is 3.84. The summed E-state index contributed by atoms with van der Waals surface area (Å²) in [5, 5.41) is 11.7. The number of nitrogens with one attached hydrogen (secondary N) is 1. The number of thiol groups is 1. The average Bonchev–Trinajstić information content (AvgIpc) is 2.51. The van der Waals surface area contributed by atoms with Gasteiger partial charge in [0.05, 0.1) is 0 Å². The molecule has 122 valence electrons. The van der Waals surface area contributed by atoms with E-state index in [-0.39, 0.29) is 5.91 Å². The minimum Gasteiger partial charge on any atom is -0.480 e. The molecular formula is C17H25NO3S. The Labute approximate surface area is 137 Å². The molecule has 4 nitrogen and oxygen atoms in total. The minimum atomic E-state index is -1.03. The van der Waals surface area contributed by atoms with Gasteiger partial charge in [-0.2, -0.15) is 12.6 Å². The first-order valence-corrected chi connectivity index (χ1v) is 8.45. The van der Waals surface area contributed by atoms with Crippen LogP contribution in [-0.2, 0) is 11.2 Å². The van der Waals surface area contributed by atoms with Crippen molar-refractivity contribution in [1.29, 1.82) is 0 Å². The van der Waals surface area contributed by atoms with Crippen molar-refractivity contribution in [3.8, 4) is 0 Å². The topological polar surface area (TPSA) is 66.4 Å². The number of benzene rings is 1. The fourth-order valence-electron chi connectivity index (χ4n) is 2.32.